The van der Waals surface area contributed by atoms with Gasteiger partial charge in [0.2, 0.25) is 0 Å². The minimum atomic E-state index is -0.191. The van der Waals surface area contributed by atoms with Crippen LogP contribution in [-0.2, 0) is 5.41 Å². The molecule has 3 aromatic rings. The molecule has 0 radical (unpaired) electrons. The summed E-state index contributed by atoms with van der Waals surface area (Å²) >= 11 is 0. The van der Waals surface area contributed by atoms with Crippen molar-refractivity contribution in [2.45, 2.75) is 19.3 Å². The standard InChI is InChI=1S/C25H22/c1-18(2)25(3)22-17-11-10-16-21(22)23(19-12-6-4-7-13-19)24(25)20-14-8-5-9-15-20/h4-17H,1H2,2-3H3. The molecular weight excluding hydrogens is 300 g/mol. The van der Waals surface area contributed by atoms with E-state index in [1.165, 1.54) is 39.0 Å². The highest BCUT2D eigenvalue weighted by molar-refractivity contribution is 6.08. The fraction of sp³-hybridized carbons (Fsp3) is 0.120. The summed E-state index contributed by atoms with van der Waals surface area (Å²) in [6.07, 6.45) is 0. The molecule has 3 aromatic carbocycles. The van der Waals surface area contributed by atoms with E-state index >= 15 is 0 Å². The predicted octanol–water partition coefficient (Wildman–Crippen LogP) is 6.49. The number of allylic oxidation sites excluding steroid dienone is 2. The van der Waals surface area contributed by atoms with Crippen LogP contribution in [0.25, 0.3) is 11.1 Å². The second-order valence-electron chi connectivity index (χ2n) is 6.93. The van der Waals surface area contributed by atoms with Crippen molar-refractivity contribution in [1.29, 1.82) is 0 Å². The van der Waals surface area contributed by atoms with Crippen molar-refractivity contribution in [2.24, 2.45) is 0 Å². The molecule has 0 bridgehead atoms. The van der Waals surface area contributed by atoms with Gasteiger partial charge in [0.15, 0.2) is 0 Å². The first-order chi connectivity index (χ1) is 12.1. The van der Waals surface area contributed by atoms with E-state index < -0.39 is 0 Å². The average Bonchev–Trinajstić information content (AvgIpc) is 2.94. The van der Waals surface area contributed by atoms with E-state index in [2.05, 4.69) is 105 Å². The topological polar surface area (TPSA) is 0 Å². The van der Waals surface area contributed by atoms with Gasteiger partial charge in [-0.1, -0.05) is 97.1 Å². The SMILES string of the molecule is C=C(C)C1(C)C(c2ccccc2)=C(c2ccccc2)c2ccccc21. The lowest BCUT2D eigenvalue weighted by Crippen LogP contribution is -2.22. The first-order valence-corrected chi connectivity index (χ1v) is 8.75. The Morgan fingerprint density at radius 2 is 1.24 bits per heavy atom. The van der Waals surface area contributed by atoms with Crippen molar-refractivity contribution in [1.82, 2.24) is 0 Å². The Balaban J connectivity index is 2.14. The second-order valence-corrected chi connectivity index (χ2v) is 6.93. The lowest BCUT2D eigenvalue weighted by Gasteiger charge is -2.31. The maximum absolute atomic E-state index is 4.38. The molecule has 4 rings (SSSR count). The molecule has 1 aliphatic carbocycles. The smallest absolute Gasteiger partial charge is 0.0396 e. The van der Waals surface area contributed by atoms with Gasteiger partial charge in [0.05, 0.1) is 0 Å². The highest BCUT2D eigenvalue weighted by atomic mass is 14.4. The van der Waals surface area contributed by atoms with Gasteiger partial charge in [-0.2, -0.15) is 0 Å². The van der Waals surface area contributed by atoms with Crippen LogP contribution in [0.1, 0.15) is 36.1 Å². The highest BCUT2D eigenvalue weighted by Gasteiger charge is 2.42. The van der Waals surface area contributed by atoms with Gasteiger partial charge in [0.25, 0.3) is 0 Å². The summed E-state index contributed by atoms with van der Waals surface area (Å²) in [5.41, 5.74) is 8.86. The number of hydrogen-bond acceptors (Lipinski definition) is 0. The lowest BCUT2D eigenvalue weighted by atomic mass is 9.71. The molecule has 0 heterocycles. The molecule has 1 unspecified atom stereocenters. The molecule has 0 spiro atoms. The van der Waals surface area contributed by atoms with Crippen molar-refractivity contribution in [3.63, 3.8) is 0 Å². The Hall–Kier alpha value is -2.86. The van der Waals surface area contributed by atoms with Crippen molar-refractivity contribution < 1.29 is 0 Å². The zero-order valence-electron chi connectivity index (χ0n) is 14.8. The Labute approximate surface area is 150 Å². The van der Waals surface area contributed by atoms with Crippen LogP contribution >= 0.6 is 0 Å². The molecule has 1 aliphatic rings. The van der Waals surface area contributed by atoms with Crippen LogP contribution in [-0.4, -0.2) is 0 Å². The van der Waals surface area contributed by atoms with Gasteiger partial charge < -0.3 is 0 Å². The monoisotopic (exact) mass is 322 g/mol. The number of benzene rings is 3. The van der Waals surface area contributed by atoms with Crippen LogP contribution in [0.4, 0.5) is 0 Å². The van der Waals surface area contributed by atoms with Crippen molar-refractivity contribution in [3.05, 3.63) is 119 Å². The second kappa shape index (κ2) is 5.89. The fourth-order valence-corrected chi connectivity index (χ4v) is 4.04. The van der Waals surface area contributed by atoms with Crippen molar-refractivity contribution >= 4 is 11.1 Å². The third-order valence-electron chi connectivity index (χ3n) is 5.46. The summed E-state index contributed by atoms with van der Waals surface area (Å²) < 4.78 is 0. The third-order valence-corrected chi connectivity index (χ3v) is 5.46. The van der Waals surface area contributed by atoms with Crippen LogP contribution in [0.2, 0.25) is 0 Å². The van der Waals surface area contributed by atoms with E-state index in [1.807, 2.05) is 0 Å². The molecule has 0 saturated carbocycles. The summed E-state index contributed by atoms with van der Waals surface area (Å²) in [4.78, 5) is 0. The van der Waals surface area contributed by atoms with Gasteiger partial charge in [0.1, 0.15) is 0 Å². The molecule has 122 valence electrons. The van der Waals surface area contributed by atoms with Gasteiger partial charge in [-0.05, 0) is 47.2 Å². The Morgan fingerprint density at radius 1 is 0.720 bits per heavy atom. The largest absolute Gasteiger partial charge is 0.0989 e. The molecule has 0 heteroatoms. The van der Waals surface area contributed by atoms with Crippen LogP contribution < -0.4 is 0 Å². The van der Waals surface area contributed by atoms with E-state index in [1.54, 1.807) is 0 Å². The zero-order valence-corrected chi connectivity index (χ0v) is 14.8. The maximum Gasteiger partial charge on any atom is 0.0396 e. The molecule has 0 N–H and O–H groups in total. The van der Waals surface area contributed by atoms with Crippen LogP contribution in [0, 0.1) is 0 Å². The first kappa shape index (κ1) is 15.7. The molecular formula is C25H22. The molecule has 0 aromatic heterocycles. The summed E-state index contributed by atoms with van der Waals surface area (Å²) in [5.74, 6) is 0. The van der Waals surface area contributed by atoms with Gasteiger partial charge in [-0.3, -0.25) is 0 Å². The van der Waals surface area contributed by atoms with E-state index in [9.17, 15) is 0 Å². The molecule has 0 aliphatic heterocycles. The Kier molecular flexibility index (Phi) is 3.69. The van der Waals surface area contributed by atoms with Gasteiger partial charge in [-0.25, -0.2) is 0 Å². The molecule has 25 heavy (non-hydrogen) atoms. The predicted molar refractivity (Wildman–Crippen MR) is 107 cm³/mol. The quantitative estimate of drug-likeness (QED) is 0.483. The summed E-state index contributed by atoms with van der Waals surface area (Å²) in [6.45, 7) is 8.84. The van der Waals surface area contributed by atoms with E-state index in [0.717, 1.165) is 0 Å². The van der Waals surface area contributed by atoms with E-state index in [-0.39, 0.29) is 5.41 Å². The summed E-state index contributed by atoms with van der Waals surface area (Å²) in [7, 11) is 0. The molecule has 0 fully saturated rings. The number of rotatable bonds is 3. The first-order valence-electron chi connectivity index (χ1n) is 8.75. The molecule has 1 atom stereocenters. The van der Waals surface area contributed by atoms with Crippen molar-refractivity contribution in [2.75, 3.05) is 0 Å². The molecule has 0 nitrogen and oxygen atoms in total. The average molecular weight is 322 g/mol. The van der Waals surface area contributed by atoms with E-state index in [0.29, 0.717) is 0 Å². The van der Waals surface area contributed by atoms with Gasteiger partial charge in [0, 0.05) is 5.41 Å². The maximum atomic E-state index is 4.38. The highest BCUT2D eigenvalue weighted by Crippen LogP contribution is 2.55. The number of fused-ring (bicyclic) bond motifs is 1. The fourth-order valence-electron chi connectivity index (χ4n) is 4.04. The molecule has 0 amide bonds. The van der Waals surface area contributed by atoms with Gasteiger partial charge >= 0.3 is 0 Å². The lowest BCUT2D eigenvalue weighted by molar-refractivity contribution is 0.740. The molecule has 0 saturated heterocycles. The summed E-state index contributed by atoms with van der Waals surface area (Å²) in [5, 5.41) is 0. The number of hydrogen-bond donors (Lipinski definition) is 0. The van der Waals surface area contributed by atoms with E-state index in [4.69, 9.17) is 0 Å². The van der Waals surface area contributed by atoms with Gasteiger partial charge in [-0.15, -0.1) is 0 Å². The third kappa shape index (κ3) is 2.29. The van der Waals surface area contributed by atoms with Crippen molar-refractivity contribution in [3.8, 4) is 0 Å². The van der Waals surface area contributed by atoms with Crippen LogP contribution in [0.5, 0.6) is 0 Å². The zero-order chi connectivity index (χ0) is 17.4. The summed E-state index contributed by atoms with van der Waals surface area (Å²) in [6, 6.07) is 30.2. The van der Waals surface area contributed by atoms with Crippen LogP contribution in [0.3, 0.4) is 0 Å². The Morgan fingerprint density at radius 3 is 1.84 bits per heavy atom. The normalized spacial score (nSPS) is 19.0. The minimum absolute atomic E-state index is 0.191. The van der Waals surface area contributed by atoms with Crippen LogP contribution in [0.15, 0.2) is 97.1 Å². The Bertz CT molecular complexity index is 961. The minimum Gasteiger partial charge on any atom is -0.0989 e.